The summed E-state index contributed by atoms with van der Waals surface area (Å²) in [5.74, 6) is -0.412. The molecule has 2 aromatic rings. The normalized spacial score (nSPS) is 11.3. The molecular formula is C19H23ClN2O3S. The summed E-state index contributed by atoms with van der Waals surface area (Å²) in [7, 11) is -3.66. The summed E-state index contributed by atoms with van der Waals surface area (Å²) in [5, 5.41) is 3.24. The molecule has 140 valence electrons. The minimum absolute atomic E-state index is 0.327. The zero-order valence-electron chi connectivity index (χ0n) is 15.6. The first-order chi connectivity index (χ1) is 12.0. The molecule has 2 rings (SSSR count). The number of carbonyl (C=O) groups excluding carboxylic acids is 1. The quantitative estimate of drug-likeness (QED) is 0.834. The van der Waals surface area contributed by atoms with Crippen molar-refractivity contribution in [1.82, 2.24) is 0 Å². The van der Waals surface area contributed by atoms with Gasteiger partial charge in [-0.2, -0.15) is 0 Å². The van der Waals surface area contributed by atoms with Gasteiger partial charge in [0.05, 0.1) is 11.9 Å². The molecule has 2 aromatic carbocycles. The summed E-state index contributed by atoms with van der Waals surface area (Å²) >= 11 is 6.01. The number of hydrogen-bond donors (Lipinski definition) is 1. The molecule has 0 saturated heterocycles. The molecule has 0 radical (unpaired) electrons. The van der Waals surface area contributed by atoms with Crippen LogP contribution in [0.4, 0.5) is 11.4 Å². The third-order valence-electron chi connectivity index (χ3n) is 4.07. The van der Waals surface area contributed by atoms with Crippen molar-refractivity contribution in [1.29, 1.82) is 0 Å². The van der Waals surface area contributed by atoms with E-state index in [-0.39, 0.29) is 6.54 Å². The number of halogens is 1. The highest BCUT2D eigenvalue weighted by Gasteiger charge is 2.23. The third kappa shape index (κ3) is 4.77. The molecule has 0 spiro atoms. The number of amides is 1. The largest absolute Gasteiger partial charge is 0.324 e. The second-order valence-corrected chi connectivity index (χ2v) is 8.87. The Labute approximate surface area is 160 Å². The molecule has 1 N–H and O–H groups in total. The Balaban J connectivity index is 2.33. The number of rotatable bonds is 5. The summed E-state index contributed by atoms with van der Waals surface area (Å²) in [6, 6.07) is 8.89. The molecule has 0 unspecified atom stereocenters. The van der Waals surface area contributed by atoms with Crippen molar-refractivity contribution in [2.75, 3.05) is 22.4 Å². The lowest BCUT2D eigenvalue weighted by molar-refractivity contribution is -0.114. The molecule has 5 nitrogen and oxygen atoms in total. The number of aryl methyl sites for hydroxylation is 4. The molecule has 0 bridgehead atoms. The van der Waals surface area contributed by atoms with Crippen molar-refractivity contribution < 1.29 is 13.2 Å². The van der Waals surface area contributed by atoms with Crippen LogP contribution in [-0.2, 0) is 14.8 Å². The highest BCUT2D eigenvalue weighted by atomic mass is 35.5. The summed E-state index contributed by atoms with van der Waals surface area (Å²) < 4.78 is 25.6. The summed E-state index contributed by atoms with van der Waals surface area (Å²) in [5.41, 5.74) is 4.78. The lowest BCUT2D eigenvalue weighted by Crippen LogP contribution is -2.38. The maximum atomic E-state index is 12.6. The topological polar surface area (TPSA) is 66.5 Å². The first kappa shape index (κ1) is 20.3. The van der Waals surface area contributed by atoms with Gasteiger partial charge in [-0.1, -0.05) is 35.4 Å². The van der Waals surface area contributed by atoms with E-state index in [0.29, 0.717) is 16.4 Å². The second-order valence-electron chi connectivity index (χ2n) is 6.52. The van der Waals surface area contributed by atoms with Gasteiger partial charge in [0.1, 0.15) is 6.54 Å². The van der Waals surface area contributed by atoms with Gasteiger partial charge in [-0.15, -0.1) is 0 Å². The zero-order valence-corrected chi connectivity index (χ0v) is 17.1. The van der Waals surface area contributed by atoms with Gasteiger partial charge in [-0.05, 0) is 56.5 Å². The number of hydrogen-bond acceptors (Lipinski definition) is 3. The minimum Gasteiger partial charge on any atom is -0.324 e. The molecular weight excluding hydrogens is 372 g/mol. The Morgan fingerprint density at radius 3 is 2.15 bits per heavy atom. The molecule has 1 amide bonds. The molecule has 0 aromatic heterocycles. The number of nitrogens with one attached hydrogen (secondary N) is 1. The van der Waals surface area contributed by atoms with E-state index in [1.807, 2.05) is 32.9 Å². The summed E-state index contributed by atoms with van der Waals surface area (Å²) in [6.45, 7) is 7.25. The number of carbonyl (C=O) groups is 1. The molecule has 0 heterocycles. The van der Waals surface area contributed by atoms with Gasteiger partial charge in [0, 0.05) is 10.7 Å². The number of sulfonamides is 1. The predicted octanol–water partition coefficient (Wildman–Crippen LogP) is 3.98. The first-order valence-electron chi connectivity index (χ1n) is 8.10. The maximum Gasteiger partial charge on any atom is 0.245 e. The molecule has 0 aliphatic heterocycles. The van der Waals surface area contributed by atoms with Crippen LogP contribution < -0.4 is 9.62 Å². The Bertz CT molecular complexity index is 932. The van der Waals surface area contributed by atoms with Crippen LogP contribution in [0.5, 0.6) is 0 Å². The van der Waals surface area contributed by atoms with E-state index in [1.165, 1.54) is 0 Å². The van der Waals surface area contributed by atoms with E-state index in [0.717, 1.165) is 32.8 Å². The van der Waals surface area contributed by atoms with Gasteiger partial charge in [-0.25, -0.2) is 8.42 Å². The maximum absolute atomic E-state index is 12.6. The van der Waals surface area contributed by atoms with E-state index >= 15 is 0 Å². The molecule has 0 aliphatic carbocycles. The predicted molar refractivity (Wildman–Crippen MR) is 108 cm³/mol. The van der Waals surface area contributed by atoms with E-state index in [4.69, 9.17) is 11.6 Å². The van der Waals surface area contributed by atoms with Gasteiger partial charge in [-0.3, -0.25) is 9.10 Å². The van der Waals surface area contributed by atoms with Crippen molar-refractivity contribution in [3.05, 3.63) is 57.6 Å². The highest BCUT2D eigenvalue weighted by Crippen LogP contribution is 2.27. The average Bonchev–Trinajstić information content (AvgIpc) is 2.50. The van der Waals surface area contributed by atoms with Crippen molar-refractivity contribution in [2.45, 2.75) is 27.7 Å². The number of anilines is 2. The van der Waals surface area contributed by atoms with Crippen LogP contribution in [0.3, 0.4) is 0 Å². The molecule has 0 aliphatic rings. The Morgan fingerprint density at radius 2 is 1.62 bits per heavy atom. The van der Waals surface area contributed by atoms with Gasteiger partial charge in [0.2, 0.25) is 15.9 Å². The lowest BCUT2D eigenvalue weighted by atomic mass is 10.1. The van der Waals surface area contributed by atoms with Crippen molar-refractivity contribution in [3.8, 4) is 0 Å². The monoisotopic (exact) mass is 394 g/mol. The average molecular weight is 395 g/mol. The fraction of sp³-hybridized carbons (Fsp3) is 0.316. The van der Waals surface area contributed by atoms with E-state index in [1.54, 1.807) is 25.1 Å². The van der Waals surface area contributed by atoms with E-state index in [9.17, 15) is 13.2 Å². The third-order valence-corrected chi connectivity index (χ3v) is 5.43. The molecule has 26 heavy (non-hydrogen) atoms. The van der Waals surface area contributed by atoms with Crippen LogP contribution in [0.25, 0.3) is 0 Å². The van der Waals surface area contributed by atoms with Gasteiger partial charge >= 0.3 is 0 Å². The van der Waals surface area contributed by atoms with Crippen molar-refractivity contribution >= 4 is 38.9 Å². The van der Waals surface area contributed by atoms with E-state index < -0.39 is 15.9 Å². The summed E-state index contributed by atoms with van der Waals surface area (Å²) in [4.78, 5) is 12.6. The molecule has 7 heteroatoms. The SMILES string of the molecule is Cc1cc(C)c(NC(=O)CN(c2cc(Cl)ccc2C)S(C)(=O)=O)c(C)c1. The first-order valence-corrected chi connectivity index (χ1v) is 10.3. The highest BCUT2D eigenvalue weighted by molar-refractivity contribution is 7.92. The smallest absolute Gasteiger partial charge is 0.245 e. The van der Waals surface area contributed by atoms with Crippen LogP contribution in [0.15, 0.2) is 30.3 Å². The van der Waals surface area contributed by atoms with Crippen molar-refractivity contribution in [2.24, 2.45) is 0 Å². The fourth-order valence-corrected chi connectivity index (χ4v) is 3.99. The van der Waals surface area contributed by atoms with Crippen LogP contribution >= 0.6 is 11.6 Å². The van der Waals surface area contributed by atoms with Gasteiger partial charge < -0.3 is 5.32 Å². The van der Waals surface area contributed by atoms with Crippen LogP contribution in [0.1, 0.15) is 22.3 Å². The lowest BCUT2D eigenvalue weighted by Gasteiger charge is -2.24. The standard InChI is InChI=1S/C19H23ClN2O3S/c1-12-8-14(3)19(15(4)9-12)21-18(23)11-22(26(5,24)25)17-10-16(20)7-6-13(17)2/h6-10H,11H2,1-5H3,(H,21,23). The number of benzene rings is 2. The van der Waals surface area contributed by atoms with Crippen LogP contribution in [0.2, 0.25) is 5.02 Å². The van der Waals surface area contributed by atoms with Crippen LogP contribution in [0, 0.1) is 27.7 Å². The van der Waals surface area contributed by atoms with Crippen molar-refractivity contribution in [3.63, 3.8) is 0 Å². The van der Waals surface area contributed by atoms with Gasteiger partial charge in [0.15, 0.2) is 0 Å². The van der Waals surface area contributed by atoms with E-state index in [2.05, 4.69) is 5.32 Å². The molecule has 0 atom stereocenters. The van der Waals surface area contributed by atoms with Crippen LogP contribution in [-0.4, -0.2) is 27.1 Å². The zero-order chi connectivity index (χ0) is 19.6. The Kier molecular flexibility index (Phi) is 5.98. The summed E-state index contributed by atoms with van der Waals surface area (Å²) in [6.07, 6.45) is 1.07. The fourth-order valence-electron chi connectivity index (χ4n) is 2.92. The Hall–Kier alpha value is -2.05. The molecule has 0 fully saturated rings. The number of nitrogens with zero attached hydrogens (tertiary/aromatic N) is 1. The molecule has 0 saturated carbocycles. The Morgan fingerprint density at radius 1 is 1.04 bits per heavy atom. The second kappa shape index (κ2) is 7.68. The van der Waals surface area contributed by atoms with Gasteiger partial charge in [0.25, 0.3) is 0 Å². The minimum atomic E-state index is -3.66.